The summed E-state index contributed by atoms with van der Waals surface area (Å²) >= 11 is 0. The summed E-state index contributed by atoms with van der Waals surface area (Å²) in [7, 11) is 0. The molecule has 3 heteroatoms. The third-order valence-electron chi connectivity index (χ3n) is 3.21. The average molecular weight is 268 g/mol. The Morgan fingerprint density at radius 3 is 2.55 bits per heavy atom. The molecular formula is C17H17FN2. The Hall–Kier alpha value is -2.34. The van der Waals surface area contributed by atoms with Gasteiger partial charge >= 0.3 is 0 Å². The van der Waals surface area contributed by atoms with Crippen molar-refractivity contribution in [3.05, 3.63) is 65.5 Å². The summed E-state index contributed by atoms with van der Waals surface area (Å²) in [5.74, 6) is -0.388. The quantitative estimate of drug-likeness (QED) is 0.856. The third-order valence-corrected chi connectivity index (χ3v) is 3.21. The highest BCUT2D eigenvalue weighted by atomic mass is 19.1. The van der Waals surface area contributed by atoms with Crippen molar-refractivity contribution >= 4 is 5.69 Å². The molecule has 2 nitrogen and oxygen atoms in total. The summed E-state index contributed by atoms with van der Waals surface area (Å²) in [5.41, 5.74) is 1.91. The van der Waals surface area contributed by atoms with E-state index in [1.807, 2.05) is 36.4 Å². The van der Waals surface area contributed by atoms with Crippen LogP contribution >= 0.6 is 0 Å². The predicted molar refractivity (Wildman–Crippen MR) is 78.8 cm³/mol. The van der Waals surface area contributed by atoms with Crippen molar-refractivity contribution in [3.63, 3.8) is 0 Å². The van der Waals surface area contributed by atoms with Crippen LogP contribution in [0.5, 0.6) is 0 Å². The SMILES string of the molecule is CCCC(Nc1ccc(C#N)cc1F)c1ccccc1. The highest BCUT2D eigenvalue weighted by Crippen LogP contribution is 2.25. The number of hydrogen-bond donors (Lipinski definition) is 1. The van der Waals surface area contributed by atoms with Gasteiger partial charge in [-0.05, 0) is 30.2 Å². The highest BCUT2D eigenvalue weighted by molar-refractivity contribution is 5.50. The largest absolute Gasteiger partial charge is 0.376 e. The van der Waals surface area contributed by atoms with Crippen LogP contribution in [0.1, 0.15) is 36.9 Å². The Balaban J connectivity index is 2.23. The monoisotopic (exact) mass is 268 g/mol. The molecule has 1 atom stereocenters. The van der Waals surface area contributed by atoms with Gasteiger partial charge in [0.2, 0.25) is 0 Å². The number of halogens is 1. The second kappa shape index (κ2) is 6.72. The van der Waals surface area contributed by atoms with E-state index < -0.39 is 0 Å². The first-order chi connectivity index (χ1) is 9.74. The highest BCUT2D eigenvalue weighted by Gasteiger charge is 2.12. The zero-order chi connectivity index (χ0) is 14.4. The lowest BCUT2D eigenvalue weighted by molar-refractivity contribution is 0.617. The topological polar surface area (TPSA) is 35.8 Å². The molecule has 1 unspecified atom stereocenters. The molecule has 2 aromatic carbocycles. The third kappa shape index (κ3) is 3.36. The molecule has 20 heavy (non-hydrogen) atoms. The molecule has 0 aliphatic rings. The van der Waals surface area contributed by atoms with Crippen LogP contribution in [0.2, 0.25) is 0 Å². The van der Waals surface area contributed by atoms with E-state index in [1.165, 1.54) is 6.07 Å². The number of rotatable bonds is 5. The van der Waals surface area contributed by atoms with Gasteiger partial charge in [-0.3, -0.25) is 0 Å². The number of anilines is 1. The van der Waals surface area contributed by atoms with Crippen molar-refractivity contribution in [3.8, 4) is 6.07 Å². The second-order valence-corrected chi connectivity index (χ2v) is 4.70. The van der Waals surface area contributed by atoms with Crippen LogP contribution in [0.3, 0.4) is 0 Å². The Morgan fingerprint density at radius 1 is 1.20 bits per heavy atom. The Kier molecular flexibility index (Phi) is 4.73. The zero-order valence-corrected chi connectivity index (χ0v) is 11.4. The van der Waals surface area contributed by atoms with Gasteiger partial charge in [0.25, 0.3) is 0 Å². The van der Waals surface area contributed by atoms with Gasteiger partial charge in [0.1, 0.15) is 5.82 Å². The first kappa shape index (κ1) is 14.1. The summed E-state index contributed by atoms with van der Waals surface area (Å²) in [5, 5.41) is 12.0. The minimum absolute atomic E-state index is 0.0728. The Bertz CT molecular complexity index is 602. The molecular weight excluding hydrogens is 251 g/mol. The molecule has 102 valence electrons. The lowest BCUT2D eigenvalue weighted by Crippen LogP contribution is -2.11. The summed E-state index contributed by atoms with van der Waals surface area (Å²) in [4.78, 5) is 0. The van der Waals surface area contributed by atoms with Gasteiger partial charge in [-0.15, -0.1) is 0 Å². The Labute approximate surface area is 118 Å². The molecule has 0 amide bonds. The maximum Gasteiger partial charge on any atom is 0.147 e. The molecule has 0 spiro atoms. The van der Waals surface area contributed by atoms with E-state index in [0.717, 1.165) is 18.4 Å². The van der Waals surface area contributed by atoms with Crippen molar-refractivity contribution in [1.82, 2.24) is 0 Å². The fourth-order valence-electron chi connectivity index (χ4n) is 2.19. The minimum Gasteiger partial charge on any atom is -0.376 e. The van der Waals surface area contributed by atoms with E-state index >= 15 is 0 Å². The Morgan fingerprint density at radius 2 is 1.95 bits per heavy atom. The molecule has 2 rings (SSSR count). The maximum atomic E-state index is 13.9. The summed E-state index contributed by atoms with van der Waals surface area (Å²) in [6.45, 7) is 2.10. The first-order valence-electron chi connectivity index (χ1n) is 6.75. The van der Waals surface area contributed by atoms with Crippen molar-refractivity contribution < 1.29 is 4.39 Å². The molecule has 0 aliphatic carbocycles. The van der Waals surface area contributed by atoms with E-state index in [9.17, 15) is 4.39 Å². The molecule has 2 aromatic rings. The van der Waals surface area contributed by atoms with E-state index in [-0.39, 0.29) is 11.9 Å². The fraction of sp³-hybridized carbons (Fsp3) is 0.235. The lowest BCUT2D eigenvalue weighted by Gasteiger charge is -2.20. The van der Waals surface area contributed by atoms with Crippen LogP contribution in [0, 0.1) is 17.1 Å². The van der Waals surface area contributed by atoms with Crippen molar-refractivity contribution in [2.75, 3.05) is 5.32 Å². The van der Waals surface area contributed by atoms with Crippen LogP contribution in [-0.2, 0) is 0 Å². The minimum atomic E-state index is -0.388. The molecule has 0 bridgehead atoms. The molecule has 0 aliphatic heterocycles. The normalized spacial score (nSPS) is 11.7. The van der Waals surface area contributed by atoms with Crippen molar-refractivity contribution in [1.29, 1.82) is 5.26 Å². The van der Waals surface area contributed by atoms with Gasteiger partial charge in [0.15, 0.2) is 0 Å². The lowest BCUT2D eigenvalue weighted by atomic mass is 10.0. The van der Waals surface area contributed by atoms with Crippen LogP contribution in [0.25, 0.3) is 0 Å². The van der Waals surface area contributed by atoms with Crippen LogP contribution in [0.15, 0.2) is 48.5 Å². The fourth-order valence-corrected chi connectivity index (χ4v) is 2.19. The van der Waals surface area contributed by atoms with E-state index in [0.29, 0.717) is 11.3 Å². The van der Waals surface area contributed by atoms with Crippen LogP contribution < -0.4 is 5.32 Å². The summed E-state index contributed by atoms with van der Waals surface area (Å²) in [6.07, 6.45) is 1.92. The maximum absolute atomic E-state index is 13.9. The first-order valence-corrected chi connectivity index (χ1v) is 6.75. The second-order valence-electron chi connectivity index (χ2n) is 4.70. The van der Waals surface area contributed by atoms with Gasteiger partial charge in [0, 0.05) is 0 Å². The summed E-state index contributed by atoms with van der Waals surface area (Å²) < 4.78 is 13.9. The van der Waals surface area contributed by atoms with Gasteiger partial charge in [0.05, 0.1) is 23.4 Å². The van der Waals surface area contributed by atoms with E-state index in [2.05, 4.69) is 12.2 Å². The molecule has 0 heterocycles. The summed E-state index contributed by atoms with van der Waals surface area (Å²) in [6, 6.07) is 16.5. The van der Waals surface area contributed by atoms with E-state index in [1.54, 1.807) is 12.1 Å². The number of nitrogens with zero attached hydrogens (tertiary/aromatic N) is 1. The van der Waals surface area contributed by atoms with Crippen molar-refractivity contribution in [2.45, 2.75) is 25.8 Å². The number of benzene rings is 2. The number of hydrogen-bond acceptors (Lipinski definition) is 2. The number of nitrogens with one attached hydrogen (secondary N) is 1. The van der Waals surface area contributed by atoms with E-state index in [4.69, 9.17) is 5.26 Å². The van der Waals surface area contributed by atoms with Crippen LogP contribution in [-0.4, -0.2) is 0 Å². The molecule has 0 saturated carbocycles. The van der Waals surface area contributed by atoms with Gasteiger partial charge in [-0.25, -0.2) is 4.39 Å². The standard InChI is InChI=1S/C17H17FN2/c1-2-6-16(14-7-4-3-5-8-14)20-17-10-9-13(12-19)11-15(17)18/h3-5,7-11,16,20H,2,6H2,1H3. The van der Waals surface area contributed by atoms with Gasteiger partial charge in [-0.2, -0.15) is 5.26 Å². The molecule has 0 radical (unpaired) electrons. The average Bonchev–Trinajstić information content (AvgIpc) is 2.49. The molecule has 0 saturated heterocycles. The molecule has 0 fully saturated rings. The van der Waals surface area contributed by atoms with Crippen molar-refractivity contribution in [2.24, 2.45) is 0 Å². The smallest absolute Gasteiger partial charge is 0.147 e. The van der Waals surface area contributed by atoms with Crippen LogP contribution in [0.4, 0.5) is 10.1 Å². The predicted octanol–water partition coefficient (Wildman–Crippen LogP) is 4.65. The molecule has 1 N–H and O–H groups in total. The zero-order valence-electron chi connectivity index (χ0n) is 11.4. The van der Waals surface area contributed by atoms with Gasteiger partial charge in [-0.1, -0.05) is 43.7 Å². The number of nitriles is 1. The van der Waals surface area contributed by atoms with Gasteiger partial charge < -0.3 is 5.32 Å². The molecule has 0 aromatic heterocycles.